The molecule has 98 valence electrons. The molecule has 0 aromatic heterocycles. The van der Waals surface area contributed by atoms with Crippen LogP contribution < -0.4 is 5.32 Å². The molecule has 1 aliphatic rings. The van der Waals surface area contributed by atoms with Gasteiger partial charge in [-0.05, 0) is 43.2 Å². The first-order valence-corrected chi connectivity index (χ1v) is 6.54. The van der Waals surface area contributed by atoms with Crippen molar-refractivity contribution in [3.05, 3.63) is 47.0 Å². The van der Waals surface area contributed by atoms with E-state index in [1.807, 2.05) is 12.1 Å². The fraction of sp³-hybridized carbons (Fsp3) is 0.467. The number of halogens is 1. The highest BCUT2D eigenvalue weighted by Gasteiger charge is 2.20. The van der Waals surface area contributed by atoms with Crippen molar-refractivity contribution in [3.63, 3.8) is 0 Å². The summed E-state index contributed by atoms with van der Waals surface area (Å²) in [5, 5.41) is 3.41. The predicted molar refractivity (Wildman–Crippen MR) is 70.8 cm³/mol. The van der Waals surface area contributed by atoms with Crippen molar-refractivity contribution in [2.45, 2.75) is 32.7 Å². The fourth-order valence-corrected chi connectivity index (χ4v) is 2.10. The average molecular weight is 249 g/mol. The standard InChI is InChI=1S/C15H20FNO/c1-3-8-17-15(14-5-4-9-18-14)12-7-6-11(2)13(16)10-12/h5-7,10,15,17H,3-4,8-9H2,1-2H3. The maximum atomic E-state index is 13.7. The van der Waals surface area contributed by atoms with Crippen molar-refractivity contribution in [2.75, 3.05) is 13.2 Å². The third-order valence-electron chi connectivity index (χ3n) is 3.14. The maximum Gasteiger partial charge on any atom is 0.126 e. The Bertz CT molecular complexity index is 442. The van der Waals surface area contributed by atoms with Gasteiger partial charge in [-0.1, -0.05) is 19.1 Å². The van der Waals surface area contributed by atoms with Gasteiger partial charge in [0.05, 0.1) is 12.6 Å². The molecule has 1 aromatic rings. The van der Waals surface area contributed by atoms with E-state index in [2.05, 4.69) is 18.3 Å². The molecule has 1 aromatic carbocycles. The average Bonchev–Trinajstić information content (AvgIpc) is 2.88. The Labute approximate surface area is 108 Å². The third kappa shape index (κ3) is 2.91. The van der Waals surface area contributed by atoms with Crippen LogP contribution in [0, 0.1) is 12.7 Å². The zero-order valence-corrected chi connectivity index (χ0v) is 11.0. The molecular weight excluding hydrogens is 229 g/mol. The minimum Gasteiger partial charge on any atom is -0.496 e. The SMILES string of the molecule is CCCNC(C1=CCCO1)c1ccc(C)c(F)c1. The molecule has 3 heteroatoms. The van der Waals surface area contributed by atoms with Gasteiger partial charge in [0.25, 0.3) is 0 Å². The van der Waals surface area contributed by atoms with Crippen LogP contribution in [-0.2, 0) is 4.74 Å². The predicted octanol–water partition coefficient (Wildman–Crippen LogP) is 3.48. The van der Waals surface area contributed by atoms with Gasteiger partial charge in [-0.25, -0.2) is 4.39 Å². The van der Waals surface area contributed by atoms with Crippen molar-refractivity contribution < 1.29 is 9.13 Å². The first-order chi connectivity index (χ1) is 8.72. The van der Waals surface area contributed by atoms with Gasteiger partial charge in [-0.3, -0.25) is 0 Å². The van der Waals surface area contributed by atoms with E-state index in [9.17, 15) is 4.39 Å². The molecule has 1 aliphatic heterocycles. The Morgan fingerprint density at radius 3 is 2.89 bits per heavy atom. The zero-order chi connectivity index (χ0) is 13.0. The summed E-state index contributed by atoms with van der Waals surface area (Å²) in [4.78, 5) is 0. The molecule has 0 spiro atoms. The van der Waals surface area contributed by atoms with Crippen LogP contribution in [0.5, 0.6) is 0 Å². The second-order valence-corrected chi connectivity index (χ2v) is 4.64. The Balaban J connectivity index is 2.23. The minimum atomic E-state index is -0.158. The van der Waals surface area contributed by atoms with E-state index in [4.69, 9.17) is 4.74 Å². The van der Waals surface area contributed by atoms with Crippen LogP contribution in [0.3, 0.4) is 0 Å². The summed E-state index contributed by atoms with van der Waals surface area (Å²) in [6.07, 6.45) is 4.07. The summed E-state index contributed by atoms with van der Waals surface area (Å²) in [6, 6.07) is 5.36. The van der Waals surface area contributed by atoms with E-state index in [0.29, 0.717) is 5.56 Å². The largest absolute Gasteiger partial charge is 0.496 e. The van der Waals surface area contributed by atoms with E-state index < -0.39 is 0 Å². The molecule has 2 rings (SSSR count). The van der Waals surface area contributed by atoms with Gasteiger partial charge in [0, 0.05) is 6.42 Å². The molecule has 0 saturated heterocycles. The highest BCUT2D eigenvalue weighted by atomic mass is 19.1. The van der Waals surface area contributed by atoms with Crippen LogP contribution in [0.4, 0.5) is 4.39 Å². The Morgan fingerprint density at radius 2 is 2.28 bits per heavy atom. The number of rotatable bonds is 5. The summed E-state index contributed by atoms with van der Waals surface area (Å²) in [6.45, 7) is 5.51. The molecule has 0 fully saturated rings. The summed E-state index contributed by atoms with van der Waals surface area (Å²) in [5.74, 6) is 0.765. The van der Waals surface area contributed by atoms with Gasteiger partial charge in [0.1, 0.15) is 11.6 Å². The smallest absolute Gasteiger partial charge is 0.126 e. The van der Waals surface area contributed by atoms with Gasteiger partial charge < -0.3 is 10.1 Å². The molecule has 1 N–H and O–H groups in total. The van der Waals surface area contributed by atoms with Gasteiger partial charge >= 0.3 is 0 Å². The van der Waals surface area contributed by atoms with Gasteiger partial charge in [0.2, 0.25) is 0 Å². The molecule has 1 unspecified atom stereocenters. The summed E-state index contributed by atoms with van der Waals surface area (Å²) in [5.41, 5.74) is 1.61. The lowest BCUT2D eigenvalue weighted by Crippen LogP contribution is -2.24. The molecule has 18 heavy (non-hydrogen) atoms. The molecular formula is C15H20FNO. The second kappa shape index (κ2) is 6.01. The van der Waals surface area contributed by atoms with Crippen molar-refractivity contribution in [1.29, 1.82) is 0 Å². The van der Waals surface area contributed by atoms with E-state index in [-0.39, 0.29) is 11.9 Å². The molecule has 0 amide bonds. The number of hydrogen-bond donors (Lipinski definition) is 1. The number of aryl methyl sites for hydroxylation is 1. The summed E-state index contributed by atoms with van der Waals surface area (Å²) < 4.78 is 19.3. The van der Waals surface area contributed by atoms with E-state index >= 15 is 0 Å². The number of ether oxygens (including phenoxy) is 1. The zero-order valence-electron chi connectivity index (χ0n) is 11.0. The summed E-state index contributed by atoms with van der Waals surface area (Å²) in [7, 11) is 0. The molecule has 0 radical (unpaired) electrons. The molecule has 0 saturated carbocycles. The second-order valence-electron chi connectivity index (χ2n) is 4.64. The molecule has 1 heterocycles. The van der Waals surface area contributed by atoms with Gasteiger partial charge in [0.15, 0.2) is 0 Å². The van der Waals surface area contributed by atoms with Gasteiger partial charge in [-0.2, -0.15) is 0 Å². The lowest BCUT2D eigenvalue weighted by Gasteiger charge is -2.20. The van der Waals surface area contributed by atoms with Crippen molar-refractivity contribution in [1.82, 2.24) is 5.32 Å². The van der Waals surface area contributed by atoms with Crippen LogP contribution in [0.1, 0.15) is 36.9 Å². The Kier molecular flexibility index (Phi) is 4.37. The quantitative estimate of drug-likeness (QED) is 0.862. The van der Waals surface area contributed by atoms with Gasteiger partial charge in [-0.15, -0.1) is 0 Å². The number of hydrogen-bond acceptors (Lipinski definition) is 2. The topological polar surface area (TPSA) is 21.3 Å². The monoisotopic (exact) mass is 249 g/mol. The third-order valence-corrected chi connectivity index (χ3v) is 3.14. The highest BCUT2D eigenvalue weighted by Crippen LogP contribution is 2.27. The number of nitrogens with one attached hydrogen (secondary N) is 1. The van der Waals surface area contributed by atoms with Crippen LogP contribution in [-0.4, -0.2) is 13.2 Å². The molecule has 0 bridgehead atoms. The van der Waals surface area contributed by atoms with Crippen LogP contribution in [0.25, 0.3) is 0 Å². The van der Waals surface area contributed by atoms with E-state index in [1.165, 1.54) is 0 Å². The van der Waals surface area contributed by atoms with Crippen molar-refractivity contribution in [3.8, 4) is 0 Å². The highest BCUT2D eigenvalue weighted by molar-refractivity contribution is 5.30. The van der Waals surface area contributed by atoms with E-state index in [0.717, 1.165) is 37.3 Å². The normalized spacial score (nSPS) is 16.3. The van der Waals surface area contributed by atoms with Crippen LogP contribution >= 0.6 is 0 Å². The first-order valence-electron chi connectivity index (χ1n) is 6.54. The summed E-state index contributed by atoms with van der Waals surface area (Å²) >= 11 is 0. The molecule has 1 atom stereocenters. The first kappa shape index (κ1) is 13.1. The minimum absolute atomic E-state index is 0.0254. The molecule has 0 aliphatic carbocycles. The Morgan fingerprint density at radius 1 is 1.44 bits per heavy atom. The fourth-order valence-electron chi connectivity index (χ4n) is 2.10. The van der Waals surface area contributed by atoms with E-state index in [1.54, 1.807) is 13.0 Å². The van der Waals surface area contributed by atoms with Crippen LogP contribution in [0.15, 0.2) is 30.0 Å². The lowest BCUT2D eigenvalue weighted by atomic mass is 10.0. The lowest BCUT2D eigenvalue weighted by molar-refractivity contribution is 0.215. The Hall–Kier alpha value is -1.35. The number of benzene rings is 1. The maximum absolute atomic E-state index is 13.7. The van der Waals surface area contributed by atoms with Crippen LogP contribution in [0.2, 0.25) is 0 Å². The van der Waals surface area contributed by atoms with Crippen molar-refractivity contribution >= 4 is 0 Å². The molecule has 2 nitrogen and oxygen atoms in total. The van der Waals surface area contributed by atoms with Crippen molar-refractivity contribution in [2.24, 2.45) is 0 Å².